The molecule has 10 heteroatoms. The zero-order valence-electron chi connectivity index (χ0n) is 20.2. The molecule has 0 saturated heterocycles. The van der Waals surface area contributed by atoms with Crippen LogP contribution in [0.4, 0.5) is 0 Å². The minimum absolute atomic E-state index is 0.112. The minimum atomic E-state index is -0.939. The van der Waals surface area contributed by atoms with Crippen LogP contribution in [0.3, 0.4) is 0 Å². The minimum Gasteiger partial charge on any atom is -0.481 e. The molecule has 0 saturated carbocycles. The van der Waals surface area contributed by atoms with E-state index < -0.39 is 41.2 Å². The van der Waals surface area contributed by atoms with E-state index in [4.69, 9.17) is 25.2 Å². The van der Waals surface area contributed by atoms with Gasteiger partial charge in [-0.05, 0) is 39.0 Å². The summed E-state index contributed by atoms with van der Waals surface area (Å²) in [5.41, 5.74) is -0.838. The van der Waals surface area contributed by atoms with Crippen LogP contribution in [0.5, 0.6) is 0 Å². The normalized spacial score (nSPS) is 14.1. The molecular weight excluding hydrogens is 436 g/mol. The lowest BCUT2D eigenvalue weighted by molar-refractivity contribution is -0.155. The Kier molecular flexibility index (Phi) is 17.6. The molecule has 0 aromatic heterocycles. The number of aliphatic carboxylic acids is 4. The number of carboxylic acid groups (broad SMARTS) is 4. The monoisotopic (exact) mass is 476 g/mol. The zero-order valence-corrected chi connectivity index (χ0v) is 20.2. The highest BCUT2D eigenvalue weighted by atomic mass is 16.5. The first-order chi connectivity index (χ1) is 15.3. The second-order valence-corrected chi connectivity index (χ2v) is 8.68. The third-order valence-corrected chi connectivity index (χ3v) is 5.43. The summed E-state index contributed by atoms with van der Waals surface area (Å²) in [7, 11) is 1.29. The predicted molar refractivity (Wildman–Crippen MR) is 120 cm³/mol. The van der Waals surface area contributed by atoms with Gasteiger partial charge in [0, 0.05) is 12.8 Å². The quantitative estimate of drug-likeness (QED) is 0.177. The maximum absolute atomic E-state index is 11.9. The van der Waals surface area contributed by atoms with E-state index in [-0.39, 0.29) is 25.2 Å². The summed E-state index contributed by atoms with van der Waals surface area (Å²) in [6.45, 7) is 4.93. The van der Waals surface area contributed by atoms with E-state index in [1.165, 1.54) is 7.11 Å². The van der Waals surface area contributed by atoms with Gasteiger partial charge in [-0.2, -0.15) is 0 Å². The fourth-order valence-corrected chi connectivity index (χ4v) is 3.29. The van der Waals surface area contributed by atoms with Gasteiger partial charge in [0.1, 0.15) is 0 Å². The first kappa shape index (κ1) is 32.5. The summed E-state index contributed by atoms with van der Waals surface area (Å²) in [5, 5.41) is 34.3. The van der Waals surface area contributed by atoms with Crippen LogP contribution in [0.1, 0.15) is 91.4 Å². The zero-order chi connectivity index (χ0) is 26.0. The van der Waals surface area contributed by atoms with Gasteiger partial charge in [-0.15, -0.1) is 0 Å². The highest BCUT2D eigenvalue weighted by molar-refractivity contribution is 5.78. The number of esters is 1. The van der Waals surface area contributed by atoms with Crippen molar-refractivity contribution in [2.75, 3.05) is 7.11 Å². The maximum Gasteiger partial charge on any atom is 0.311 e. The van der Waals surface area contributed by atoms with Gasteiger partial charge in [0.25, 0.3) is 0 Å². The Labute approximate surface area is 195 Å². The molecule has 0 aromatic carbocycles. The first-order valence-electron chi connectivity index (χ1n) is 11.2. The standard InChI is InChI=1S/C14H24O6.C9H16O4/c1-10(12(17)18)9-14(2,13(19)20-3)8-6-4-5-7-11(15)16;1-7(9(12)13)5-3-2-4-6-8(10)11/h10H,4-9H2,1-3H3,(H,15,16)(H,17,18);7H,2-6H2,1H3,(H,10,11)(H,12,13). The Hall–Kier alpha value is -2.65. The molecule has 0 aromatic rings. The van der Waals surface area contributed by atoms with Gasteiger partial charge in [-0.1, -0.05) is 39.5 Å². The third-order valence-electron chi connectivity index (χ3n) is 5.43. The molecule has 3 atom stereocenters. The molecule has 33 heavy (non-hydrogen) atoms. The second kappa shape index (κ2) is 17.9. The third kappa shape index (κ3) is 17.6. The van der Waals surface area contributed by atoms with Crippen molar-refractivity contribution < 1.29 is 49.1 Å². The van der Waals surface area contributed by atoms with E-state index in [0.29, 0.717) is 38.5 Å². The van der Waals surface area contributed by atoms with Crippen molar-refractivity contribution in [1.82, 2.24) is 0 Å². The highest BCUT2D eigenvalue weighted by Gasteiger charge is 2.36. The van der Waals surface area contributed by atoms with Crippen molar-refractivity contribution in [3.63, 3.8) is 0 Å². The summed E-state index contributed by atoms with van der Waals surface area (Å²) in [5.74, 6) is -4.69. The van der Waals surface area contributed by atoms with E-state index >= 15 is 0 Å². The van der Waals surface area contributed by atoms with Crippen LogP contribution in [-0.2, 0) is 28.7 Å². The number of carboxylic acids is 4. The molecule has 0 heterocycles. The van der Waals surface area contributed by atoms with Gasteiger partial charge in [0.15, 0.2) is 0 Å². The number of methoxy groups -OCH3 is 1. The topological polar surface area (TPSA) is 175 Å². The number of carbonyl (C=O) groups excluding carboxylic acids is 1. The van der Waals surface area contributed by atoms with Gasteiger partial charge in [0.05, 0.1) is 24.4 Å². The van der Waals surface area contributed by atoms with Crippen LogP contribution >= 0.6 is 0 Å². The average Bonchev–Trinajstić information content (AvgIpc) is 2.72. The summed E-state index contributed by atoms with van der Waals surface area (Å²) in [6.07, 6.45) is 5.79. The molecule has 0 bridgehead atoms. The van der Waals surface area contributed by atoms with Crippen LogP contribution in [0.2, 0.25) is 0 Å². The first-order valence-corrected chi connectivity index (χ1v) is 11.2. The fourth-order valence-electron chi connectivity index (χ4n) is 3.29. The number of carbonyl (C=O) groups is 5. The van der Waals surface area contributed by atoms with Gasteiger partial charge in [-0.3, -0.25) is 24.0 Å². The van der Waals surface area contributed by atoms with Crippen molar-refractivity contribution in [1.29, 1.82) is 0 Å². The number of rotatable bonds is 17. The highest BCUT2D eigenvalue weighted by Crippen LogP contribution is 2.33. The van der Waals surface area contributed by atoms with Gasteiger partial charge < -0.3 is 25.2 Å². The molecule has 0 fully saturated rings. The van der Waals surface area contributed by atoms with Crippen molar-refractivity contribution in [3.8, 4) is 0 Å². The van der Waals surface area contributed by atoms with Crippen molar-refractivity contribution >= 4 is 29.8 Å². The molecule has 0 amide bonds. The molecule has 4 N–H and O–H groups in total. The molecule has 0 aliphatic carbocycles. The van der Waals surface area contributed by atoms with Crippen LogP contribution < -0.4 is 0 Å². The number of ether oxygens (including phenoxy) is 1. The van der Waals surface area contributed by atoms with Gasteiger partial charge in [-0.25, -0.2) is 0 Å². The lowest BCUT2D eigenvalue weighted by Gasteiger charge is -2.28. The summed E-state index contributed by atoms with van der Waals surface area (Å²) >= 11 is 0. The fraction of sp³-hybridized carbons (Fsp3) is 0.783. The summed E-state index contributed by atoms with van der Waals surface area (Å²) in [4.78, 5) is 53.7. The number of unbranched alkanes of at least 4 members (excludes halogenated alkanes) is 4. The molecule has 0 aliphatic heterocycles. The molecule has 0 aliphatic rings. The Morgan fingerprint density at radius 1 is 0.727 bits per heavy atom. The molecular formula is C23H40O10. The van der Waals surface area contributed by atoms with E-state index in [1.54, 1.807) is 20.8 Å². The number of hydrogen-bond donors (Lipinski definition) is 4. The summed E-state index contributed by atoms with van der Waals surface area (Å²) in [6, 6.07) is 0. The Morgan fingerprint density at radius 3 is 1.58 bits per heavy atom. The summed E-state index contributed by atoms with van der Waals surface area (Å²) < 4.78 is 4.77. The van der Waals surface area contributed by atoms with E-state index in [0.717, 1.165) is 12.8 Å². The Balaban J connectivity index is 0. The molecule has 0 rings (SSSR count). The van der Waals surface area contributed by atoms with Crippen molar-refractivity contribution in [3.05, 3.63) is 0 Å². The molecule has 0 radical (unpaired) electrons. The Morgan fingerprint density at radius 2 is 1.18 bits per heavy atom. The van der Waals surface area contributed by atoms with Crippen LogP contribution in [0.15, 0.2) is 0 Å². The SMILES string of the molecule is CC(CCCCCC(=O)O)C(=O)O.COC(=O)C(C)(CCCCCC(=O)O)CC(C)C(=O)O. The lowest BCUT2D eigenvalue weighted by Crippen LogP contribution is -2.33. The van der Waals surface area contributed by atoms with Crippen LogP contribution in [0, 0.1) is 17.3 Å². The maximum atomic E-state index is 11.9. The van der Waals surface area contributed by atoms with Crippen LogP contribution in [-0.4, -0.2) is 57.4 Å². The van der Waals surface area contributed by atoms with E-state index in [2.05, 4.69) is 0 Å². The van der Waals surface area contributed by atoms with Gasteiger partial charge in [0.2, 0.25) is 0 Å². The number of hydrogen-bond acceptors (Lipinski definition) is 6. The molecule has 192 valence electrons. The van der Waals surface area contributed by atoms with E-state index in [1.807, 2.05) is 0 Å². The second-order valence-electron chi connectivity index (χ2n) is 8.68. The molecule has 0 spiro atoms. The smallest absolute Gasteiger partial charge is 0.311 e. The lowest BCUT2D eigenvalue weighted by atomic mass is 9.77. The van der Waals surface area contributed by atoms with Crippen LogP contribution in [0.25, 0.3) is 0 Å². The average molecular weight is 477 g/mol. The van der Waals surface area contributed by atoms with E-state index in [9.17, 15) is 24.0 Å². The van der Waals surface area contributed by atoms with Crippen molar-refractivity contribution in [2.24, 2.45) is 17.3 Å². The van der Waals surface area contributed by atoms with Crippen molar-refractivity contribution in [2.45, 2.75) is 91.4 Å². The van der Waals surface area contributed by atoms with Gasteiger partial charge >= 0.3 is 29.8 Å². The molecule has 3 unspecified atom stereocenters. The Bertz CT molecular complexity index is 631. The molecule has 10 nitrogen and oxygen atoms in total. The predicted octanol–water partition coefficient (Wildman–Crippen LogP) is 4.05. The largest absolute Gasteiger partial charge is 0.481 e.